The molecule has 0 aliphatic rings. The fraction of sp³-hybridized carbons (Fsp3) is 0.353. The summed E-state index contributed by atoms with van der Waals surface area (Å²) in [6.07, 6.45) is 1.22. The maximum atomic E-state index is 12.3. The molecule has 0 saturated carbocycles. The first kappa shape index (κ1) is 15.1. The lowest BCUT2D eigenvalue weighted by Gasteiger charge is -2.19. The lowest BCUT2D eigenvalue weighted by atomic mass is 10.1. The highest BCUT2D eigenvalue weighted by atomic mass is 16.6. The van der Waals surface area contributed by atoms with Gasteiger partial charge in [0, 0.05) is 11.6 Å². The molecule has 4 nitrogen and oxygen atoms in total. The second-order valence-corrected chi connectivity index (χ2v) is 5.87. The Kier molecular flexibility index (Phi) is 4.06. The zero-order valence-electron chi connectivity index (χ0n) is 12.7. The van der Waals surface area contributed by atoms with E-state index in [9.17, 15) is 4.79 Å². The van der Waals surface area contributed by atoms with E-state index in [0.29, 0.717) is 5.56 Å². The van der Waals surface area contributed by atoms with Crippen LogP contribution >= 0.6 is 0 Å². The molecule has 0 radical (unpaired) electrons. The van der Waals surface area contributed by atoms with E-state index in [1.807, 2.05) is 45.9 Å². The Morgan fingerprint density at radius 2 is 2.10 bits per heavy atom. The Hall–Kier alpha value is -2.25. The fourth-order valence-corrected chi connectivity index (χ4v) is 2.04. The summed E-state index contributed by atoms with van der Waals surface area (Å²) in [5.41, 5.74) is 1.97. The Balaban J connectivity index is 2.57. The number of aliphatic hydroxyl groups is 1. The third kappa shape index (κ3) is 3.45. The van der Waals surface area contributed by atoms with Crippen molar-refractivity contribution in [2.75, 3.05) is 6.61 Å². The minimum Gasteiger partial charge on any atom is -0.443 e. The lowest BCUT2D eigenvalue weighted by Crippen LogP contribution is -2.26. The number of carbonyl (C=O) groups is 1. The molecule has 0 amide bonds. The van der Waals surface area contributed by atoms with Gasteiger partial charge in [0.25, 0.3) is 0 Å². The van der Waals surface area contributed by atoms with Crippen molar-refractivity contribution in [1.29, 1.82) is 0 Å². The van der Waals surface area contributed by atoms with E-state index in [1.54, 1.807) is 6.20 Å². The highest BCUT2D eigenvalue weighted by Crippen LogP contribution is 2.23. The molecular formula is C17H19NO3. The van der Waals surface area contributed by atoms with Crippen LogP contribution in [-0.4, -0.2) is 28.0 Å². The lowest BCUT2D eigenvalue weighted by molar-refractivity contribution is 0.0544. The van der Waals surface area contributed by atoms with Crippen LogP contribution in [0.2, 0.25) is 0 Å². The summed E-state index contributed by atoms with van der Waals surface area (Å²) in [5.74, 6) is 5.49. The normalized spacial score (nSPS) is 11.1. The van der Waals surface area contributed by atoms with Crippen molar-refractivity contribution in [2.24, 2.45) is 0 Å². The van der Waals surface area contributed by atoms with Crippen molar-refractivity contribution in [3.8, 4) is 11.8 Å². The first-order chi connectivity index (χ1) is 9.81. The summed E-state index contributed by atoms with van der Waals surface area (Å²) >= 11 is 0. The largest absolute Gasteiger partial charge is 0.443 e. The molecule has 4 heteroatoms. The minimum atomic E-state index is -0.560. The van der Waals surface area contributed by atoms with Crippen molar-refractivity contribution in [1.82, 2.24) is 4.57 Å². The number of aromatic nitrogens is 1. The van der Waals surface area contributed by atoms with E-state index in [2.05, 4.69) is 11.8 Å². The number of hydrogen-bond acceptors (Lipinski definition) is 3. The van der Waals surface area contributed by atoms with Gasteiger partial charge in [-0.3, -0.25) is 4.57 Å². The molecule has 2 rings (SSSR count). The molecule has 0 aliphatic carbocycles. The molecule has 0 aliphatic heterocycles. The van der Waals surface area contributed by atoms with Crippen LogP contribution in [0.15, 0.2) is 24.4 Å². The molecular weight excluding hydrogens is 266 g/mol. The van der Waals surface area contributed by atoms with Gasteiger partial charge >= 0.3 is 6.09 Å². The highest BCUT2D eigenvalue weighted by Gasteiger charge is 2.20. The molecule has 1 N–H and O–H groups in total. The van der Waals surface area contributed by atoms with Crippen molar-refractivity contribution in [3.05, 3.63) is 35.5 Å². The summed E-state index contributed by atoms with van der Waals surface area (Å²) in [6.45, 7) is 7.24. The third-order valence-electron chi connectivity index (χ3n) is 2.85. The molecule has 1 aromatic heterocycles. The Bertz CT molecular complexity index is 739. The van der Waals surface area contributed by atoms with Crippen LogP contribution in [0, 0.1) is 18.8 Å². The van der Waals surface area contributed by atoms with Crippen LogP contribution in [-0.2, 0) is 4.74 Å². The van der Waals surface area contributed by atoms with Gasteiger partial charge in [-0.05, 0) is 39.8 Å². The highest BCUT2D eigenvalue weighted by molar-refractivity contribution is 5.94. The number of ether oxygens (including phenoxy) is 1. The molecule has 110 valence electrons. The molecule has 1 heterocycles. The number of rotatable bonds is 0. The monoisotopic (exact) mass is 285 g/mol. The van der Waals surface area contributed by atoms with Gasteiger partial charge in [0.2, 0.25) is 0 Å². The summed E-state index contributed by atoms with van der Waals surface area (Å²) in [5, 5.41) is 9.73. The molecule has 0 atom stereocenters. The van der Waals surface area contributed by atoms with E-state index < -0.39 is 11.7 Å². The standard InChI is InChI=1S/C17H19NO3/c1-12-7-8-15-14(10-12)13(6-5-9-19)11-18(15)16(20)21-17(2,3)4/h7-8,10-11,19H,9H2,1-4H3. The second-order valence-electron chi connectivity index (χ2n) is 5.87. The van der Waals surface area contributed by atoms with Crippen LogP contribution < -0.4 is 0 Å². The first-order valence-corrected chi connectivity index (χ1v) is 6.76. The molecule has 0 fully saturated rings. The Morgan fingerprint density at radius 3 is 2.71 bits per heavy atom. The van der Waals surface area contributed by atoms with Gasteiger partial charge in [-0.2, -0.15) is 0 Å². The van der Waals surface area contributed by atoms with Crippen molar-refractivity contribution in [2.45, 2.75) is 33.3 Å². The summed E-state index contributed by atoms with van der Waals surface area (Å²) in [7, 11) is 0. The van der Waals surface area contributed by atoms with E-state index in [1.165, 1.54) is 4.57 Å². The zero-order chi connectivity index (χ0) is 15.6. The molecule has 0 spiro atoms. The average molecular weight is 285 g/mol. The number of nitrogens with zero attached hydrogens (tertiary/aromatic N) is 1. The van der Waals surface area contributed by atoms with E-state index in [0.717, 1.165) is 16.5 Å². The van der Waals surface area contributed by atoms with Gasteiger partial charge in [-0.1, -0.05) is 23.5 Å². The van der Waals surface area contributed by atoms with Crippen molar-refractivity contribution in [3.63, 3.8) is 0 Å². The van der Waals surface area contributed by atoms with Gasteiger partial charge in [0.15, 0.2) is 0 Å². The van der Waals surface area contributed by atoms with Crippen LogP contribution in [0.25, 0.3) is 10.9 Å². The minimum absolute atomic E-state index is 0.217. The summed E-state index contributed by atoms with van der Waals surface area (Å²) in [4.78, 5) is 12.3. The number of hydrogen-bond donors (Lipinski definition) is 1. The molecule has 0 unspecified atom stereocenters. The van der Waals surface area contributed by atoms with Crippen LogP contribution in [0.5, 0.6) is 0 Å². The van der Waals surface area contributed by atoms with Crippen molar-refractivity contribution >= 4 is 17.0 Å². The number of fused-ring (bicyclic) bond motifs is 1. The SMILES string of the molecule is Cc1ccc2c(c1)c(C#CCO)cn2C(=O)OC(C)(C)C. The number of carbonyl (C=O) groups excluding carboxylic acids is 1. The fourth-order valence-electron chi connectivity index (χ4n) is 2.04. The Morgan fingerprint density at radius 1 is 1.38 bits per heavy atom. The predicted molar refractivity (Wildman–Crippen MR) is 82.3 cm³/mol. The molecule has 1 aromatic carbocycles. The van der Waals surface area contributed by atoms with Gasteiger partial charge in [0.05, 0.1) is 11.1 Å². The van der Waals surface area contributed by atoms with Crippen LogP contribution in [0.3, 0.4) is 0 Å². The third-order valence-corrected chi connectivity index (χ3v) is 2.85. The number of aliphatic hydroxyl groups excluding tert-OH is 1. The maximum Gasteiger partial charge on any atom is 0.419 e. The molecule has 0 bridgehead atoms. The average Bonchev–Trinajstić information content (AvgIpc) is 2.72. The van der Waals surface area contributed by atoms with Gasteiger partial charge in [0.1, 0.15) is 12.2 Å². The van der Waals surface area contributed by atoms with Crippen molar-refractivity contribution < 1.29 is 14.6 Å². The molecule has 21 heavy (non-hydrogen) atoms. The van der Waals surface area contributed by atoms with E-state index in [-0.39, 0.29) is 6.61 Å². The quantitative estimate of drug-likeness (QED) is 0.757. The van der Waals surface area contributed by atoms with E-state index >= 15 is 0 Å². The summed E-state index contributed by atoms with van der Waals surface area (Å²) in [6, 6.07) is 5.78. The van der Waals surface area contributed by atoms with Gasteiger partial charge < -0.3 is 9.84 Å². The van der Waals surface area contributed by atoms with Crippen LogP contribution in [0.1, 0.15) is 31.9 Å². The Labute approximate surface area is 124 Å². The maximum absolute atomic E-state index is 12.3. The van der Waals surface area contributed by atoms with Gasteiger partial charge in [-0.15, -0.1) is 0 Å². The summed E-state index contributed by atoms with van der Waals surface area (Å²) < 4.78 is 6.87. The second kappa shape index (κ2) is 5.63. The topological polar surface area (TPSA) is 51.5 Å². The predicted octanol–water partition coefficient (Wildman–Crippen LogP) is 3.08. The molecule has 2 aromatic rings. The molecule has 0 saturated heterocycles. The van der Waals surface area contributed by atoms with Crippen LogP contribution in [0.4, 0.5) is 4.79 Å². The first-order valence-electron chi connectivity index (χ1n) is 6.76. The zero-order valence-corrected chi connectivity index (χ0v) is 12.7. The number of aryl methyl sites for hydroxylation is 1. The smallest absolute Gasteiger partial charge is 0.419 e. The van der Waals surface area contributed by atoms with Gasteiger partial charge in [-0.25, -0.2) is 4.79 Å². The van der Waals surface area contributed by atoms with E-state index in [4.69, 9.17) is 9.84 Å². The number of benzene rings is 1.